The number of aromatic amines is 1. The van der Waals surface area contributed by atoms with E-state index in [0.717, 1.165) is 23.9 Å². The molecular formula is C10H15N5. The van der Waals surface area contributed by atoms with E-state index in [1.165, 1.54) is 11.1 Å². The van der Waals surface area contributed by atoms with Crippen molar-refractivity contribution in [3.63, 3.8) is 0 Å². The maximum atomic E-state index is 5.60. The molecule has 1 aromatic carbocycles. The number of hydrogen-bond donors (Lipinski definition) is 3. The second-order valence-corrected chi connectivity index (χ2v) is 3.47. The molecule has 0 unspecified atom stereocenters. The van der Waals surface area contributed by atoms with Gasteiger partial charge in [-0.05, 0) is 43.1 Å². The van der Waals surface area contributed by atoms with Crippen LogP contribution >= 0.6 is 0 Å². The third kappa shape index (κ3) is 1.84. The van der Waals surface area contributed by atoms with E-state index in [0.29, 0.717) is 13.1 Å². The zero-order valence-corrected chi connectivity index (χ0v) is 8.53. The van der Waals surface area contributed by atoms with E-state index in [-0.39, 0.29) is 0 Å². The van der Waals surface area contributed by atoms with Gasteiger partial charge in [0.05, 0.1) is 0 Å². The lowest BCUT2D eigenvalue weighted by Crippen LogP contribution is -2.09. The Morgan fingerprint density at radius 2 is 1.87 bits per heavy atom. The number of rotatable bonds is 4. The number of fused-ring (bicyclic) bond motifs is 1. The first-order valence-corrected chi connectivity index (χ1v) is 5.08. The maximum Gasteiger partial charge on any atom is 0.116 e. The molecule has 2 aromatic rings. The molecule has 0 saturated heterocycles. The van der Waals surface area contributed by atoms with E-state index in [9.17, 15) is 0 Å². The normalized spacial score (nSPS) is 11.1. The van der Waals surface area contributed by atoms with Gasteiger partial charge in [0.15, 0.2) is 0 Å². The molecular weight excluding hydrogens is 190 g/mol. The topological polar surface area (TPSA) is 93.6 Å². The van der Waals surface area contributed by atoms with E-state index in [1.54, 1.807) is 0 Å². The zero-order chi connectivity index (χ0) is 10.7. The van der Waals surface area contributed by atoms with Gasteiger partial charge in [-0.3, -0.25) is 0 Å². The van der Waals surface area contributed by atoms with Crippen molar-refractivity contribution in [1.82, 2.24) is 15.4 Å². The van der Waals surface area contributed by atoms with E-state index >= 15 is 0 Å². The summed E-state index contributed by atoms with van der Waals surface area (Å²) in [6, 6.07) is 4.02. The van der Waals surface area contributed by atoms with Crippen LogP contribution in [0.3, 0.4) is 0 Å². The first-order valence-electron chi connectivity index (χ1n) is 5.08. The fraction of sp³-hybridized carbons (Fsp3) is 0.400. The predicted molar refractivity (Wildman–Crippen MR) is 59.4 cm³/mol. The van der Waals surface area contributed by atoms with Gasteiger partial charge >= 0.3 is 0 Å². The smallest absolute Gasteiger partial charge is 0.116 e. The molecule has 0 aliphatic heterocycles. The summed E-state index contributed by atoms with van der Waals surface area (Å²) in [5.74, 6) is 0. The van der Waals surface area contributed by atoms with Crippen molar-refractivity contribution >= 4 is 11.0 Å². The minimum absolute atomic E-state index is 0.615. The SMILES string of the molecule is NCCc1ccc2n[nH]nc2c1CCN. The highest BCUT2D eigenvalue weighted by atomic mass is 15.3. The Labute approximate surface area is 87.8 Å². The second kappa shape index (κ2) is 4.37. The predicted octanol–water partition coefficient (Wildman–Crippen LogP) is -0.0397. The Balaban J connectivity index is 2.53. The number of nitrogens with one attached hydrogen (secondary N) is 1. The van der Waals surface area contributed by atoms with Crippen LogP contribution in [0.15, 0.2) is 12.1 Å². The molecule has 5 N–H and O–H groups in total. The molecule has 0 aliphatic carbocycles. The van der Waals surface area contributed by atoms with Gasteiger partial charge in [0.25, 0.3) is 0 Å². The Bertz CT molecular complexity index is 448. The number of aromatic nitrogens is 3. The Hall–Kier alpha value is -1.46. The highest BCUT2D eigenvalue weighted by molar-refractivity contribution is 5.78. The maximum absolute atomic E-state index is 5.60. The monoisotopic (exact) mass is 205 g/mol. The summed E-state index contributed by atoms with van der Waals surface area (Å²) in [5.41, 5.74) is 15.4. The zero-order valence-electron chi connectivity index (χ0n) is 8.53. The largest absolute Gasteiger partial charge is 0.330 e. The number of nitrogens with two attached hydrogens (primary N) is 2. The number of hydrogen-bond acceptors (Lipinski definition) is 4. The van der Waals surface area contributed by atoms with Crippen molar-refractivity contribution in [2.45, 2.75) is 12.8 Å². The lowest BCUT2D eigenvalue weighted by molar-refractivity contribution is 0.906. The van der Waals surface area contributed by atoms with Crippen molar-refractivity contribution < 1.29 is 0 Å². The molecule has 1 heterocycles. The first kappa shape index (κ1) is 10.1. The molecule has 0 radical (unpaired) electrons. The average Bonchev–Trinajstić information content (AvgIpc) is 2.70. The summed E-state index contributed by atoms with van der Waals surface area (Å²) < 4.78 is 0. The van der Waals surface area contributed by atoms with Crippen molar-refractivity contribution in [2.75, 3.05) is 13.1 Å². The van der Waals surface area contributed by atoms with Gasteiger partial charge in [0.1, 0.15) is 11.0 Å². The van der Waals surface area contributed by atoms with Gasteiger partial charge in [0, 0.05) is 0 Å². The van der Waals surface area contributed by atoms with Crippen LogP contribution in [0.2, 0.25) is 0 Å². The summed E-state index contributed by atoms with van der Waals surface area (Å²) in [5, 5.41) is 10.8. The molecule has 1 aromatic heterocycles. The molecule has 5 nitrogen and oxygen atoms in total. The molecule has 0 amide bonds. The third-order valence-electron chi connectivity index (χ3n) is 2.50. The van der Waals surface area contributed by atoms with Crippen molar-refractivity contribution in [2.24, 2.45) is 11.5 Å². The summed E-state index contributed by atoms with van der Waals surface area (Å²) in [6.07, 6.45) is 1.68. The molecule has 0 saturated carbocycles. The van der Waals surface area contributed by atoms with Gasteiger partial charge in [-0.15, -0.1) is 0 Å². The Morgan fingerprint density at radius 1 is 1.07 bits per heavy atom. The van der Waals surface area contributed by atoms with Crippen LogP contribution in [0, 0.1) is 0 Å². The lowest BCUT2D eigenvalue weighted by atomic mass is 10.00. The average molecular weight is 205 g/mol. The second-order valence-electron chi connectivity index (χ2n) is 3.47. The summed E-state index contributed by atoms with van der Waals surface area (Å²) >= 11 is 0. The molecule has 0 bridgehead atoms. The van der Waals surface area contributed by atoms with Gasteiger partial charge in [0.2, 0.25) is 0 Å². The minimum Gasteiger partial charge on any atom is -0.330 e. The standard InChI is InChI=1S/C10H15N5/c11-5-3-7-1-2-9-10(14-15-13-9)8(7)4-6-12/h1-2H,3-6,11-12H2,(H,13,14,15). The van der Waals surface area contributed by atoms with Crippen LogP contribution in [0.25, 0.3) is 11.0 Å². The van der Waals surface area contributed by atoms with Gasteiger partial charge < -0.3 is 11.5 Å². The van der Waals surface area contributed by atoms with Gasteiger partial charge in [-0.2, -0.15) is 15.4 Å². The molecule has 5 heteroatoms. The quantitative estimate of drug-likeness (QED) is 0.653. The Kier molecular flexibility index (Phi) is 2.94. The molecule has 0 fully saturated rings. The van der Waals surface area contributed by atoms with Crippen LogP contribution in [-0.4, -0.2) is 28.5 Å². The van der Waals surface area contributed by atoms with E-state index in [4.69, 9.17) is 11.5 Å². The van der Waals surface area contributed by atoms with Crippen molar-refractivity contribution in [1.29, 1.82) is 0 Å². The van der Waals surface area contributed by atoms with Crippen LogP contribution in [-0.2, 0) is 12.8 Å². The summed E-state index contributed by atoms with van der Waals surface area (Å²) in [4.78, 5) is 0. The number of benzene rings is 1. The molecule has 0 aliphatic rings. The molecule has 80 valence electrons. The molecule has 15 heavy (non-hydrogen) atoms. The van der Waals surface area contributed by atoms with Crippen LogP contribution < -0.4 is 11.5 Å². The molecule has 0 atom stereocenters. The highest BCUT2D eigenvalue weighted by Crippen LogP contribution is 2.19. The van der Waals surface area contributed by atoms with Crippen LogP contribution in [0.5, 0.6) is 0 Å². The fourth-order valence-corrected chi connectivity index (χ4v) is 1.82. The Morgan fingerprint density at radius 3 is 2.60 bits per heavy atom. The fourth-order valence-electron chi connectivity index (χ4n) is 1.82. The van der Waals surface area contributed by atoms with Crippen molar-refractivity contribution in [3.05, 3.63) is 23.3 Å². The summed E-state index contributed by atoms with van der Waals surface area (Å²) in [6.45, 7) is 1.25. The number of H-pyrrole nitrogens is 1. The van der Waals surface area contributed by atoms with Gasteiger partial charge in [-0.1, -0.05) is 6.07 Å². The van der Waals surface area contributed by atoms with Crippen molar-refractivity contribution in [3.8, 4) is 0 Å². The summed E-state index contributed by atoms with van der Waals surface area (Å²) in [7, 11) is 0. The number of nitrogens with zero attached hydrogens (tertiary/aromatic N) is 2. The molecule has 2 rings (SSSR count). The van der Waals surface area contributed by atoms with Crippen LogP contribution in [0.1, 0.15) is 11.1 Å². The molecule has 0 spiro atoms. The van der Waals surface area contributed by atoms with E-state index in [2.05, 4.69) is 21.5 Å². The first-order chi connectivity index (χ1) is 7.36. The third-order valence-corrected chi connectivity index (χ3v) is 2.50. The highest BCUT2D eigenvalue weighted by Gasteiger charge is 2.09. The lowest BCUT2D eigenvalue weighted by Gasteiger charge is -2.07. The van der Waals surface area contributed by atoms with Gasteiger partial charge in [-0.25, -0.2) is 0 Å². The minimum atomic E-state index is 0.615. The van der Waals surface area contributed by atoms with E-state index < -0.39 is 0 Å². The van der Waals surface area contributed by atoms with E-state index in [1.807, 2.05) is 6.07 Å². The van der Waals surface area contributed by atoms with Crippen LogP contribution in [0.4, 0.5) is 0 Å².